The van der Waals surface area contributed by atoms with Gasteiger partial charge in [-0.25, -0.2) is 0 Å². The van der Waals surface area contributed by atoms with E-state index in [2.05, 4.69) is 5.32 Å². The smallest absolute Gasteiger partial charge is 0.251 e. The summed E-state index contributed by atoms with van der Waals surface area (Å²) in [5.74, 6) is -0.558. The predicted molar refractivity (Wildman–Crippen MR) is 73.9 cm³/mol. The summed E-state index contributed by atoms with van der Waals surface area (Å²) in [4.78, 5) is 23.2. The average Bonchev–Trinajstić information content (AvgIpc) is 2.39. The van der Waals surface area contributed by atoms with E-state index >= 15 is 0 Å². The van der Waals surface area contributed by atoms with Crippen LogP contribution in [0.2, 0.25) is 5.02 Å². The molecule has 0 aromatic heterocycles. The molecule has 1 aromatic rings. The Morgan fingerprint density at radius 2 is 2.11 bits per heavy atom. The number of amides is 2. The number of hydrogen-bond acceptors (Lipinski definition) is 2. The lowest BCUT2D eigenvalue weighted by atomic mass is 9.85. The molecule has 0 heterocycles. The molecule has 1 aliphatic rings. The molecule has 0 saturated heterocycles. The van der Waals surface area contributed by atoms with E-state index in [9.17, 15) is 9.59 Å². The highest BCUT2D eigenvalue weighted by atomic mass is 35.5. The molecule has 1 fully saturated rings. The van der Waals surface area contributed by atoms with Gasteiger partial charge < -0.3 is 11.1 Å². The summed E-state index contributed by atoms with van der Waals surface area (Å²) < 4.78 is 0. The first-order valence-electron chi connectivity index (χ1n) is 6.42. The van der Waals surface area contributed by atoms with Gasteiger partial charge in [-0.05, 0) is 37.5 Å². The first-order valence-corrected chi connectivity index (χ1v) is 6.80. The molecule has 19 heavy (non-hydrogen) atoms. The molecule has 0 unspecified atom stereocenters. The largest absolute Gasteiger partial charge is 0.369 e. The molecule has 102 valence electrons. The Morgan fingerprint density at radius 3 is 2.79 bits per heavy atom. The van der Waals surface area contributed by atoms with E-state index in [-0.39, 0.29) is 23.8 Å². The molecular weight excluding hydrogens is 264 g/mol. The molecule has 0 aliphatic heterocycles. The molecule has 1 aromatic carbocycles. The van der Waals surface area contributed by atoms with Gasteiger partial charge in [-0.15, -0.1) is 0 Å². The van der Waals surface area contributed by atoms with Crippen molar-refractivity contribution in [1.29, 1.82) is 0 Å². The second kappa shape index (κ2) is 6.06. The fourth-order valence-electron chi connectivity index (χ4n) is 2.48. The van der Waals surface area contributed by atoms with Gasteiger partial charge in [0.2, 0.25) is 5.91 Å². The monoisotopic (exact) mass is 280 g/mol. The number of nitrogens with one attached hydrogen (secondary N) is 1. The van der Waals surface area contributed by atoms with Crippen LogP contribution in [0, 0.1) is 5.92 Å². The summed E-state index contributed by atoms with van der Waals surface area (Å²) in [5, 5.41) is 3.48. The molecule has 0 bridgehead atoms. The molecule has 5 heteroatoms. The highest BCUT2D eigenvalue weighted by molar-refractivity contribution is 6.30. The van der Waals surface area contributed by atoms with Crippen LogP contribution in [0.25, 0.3) is 0 Å². The number of rotatable bonds is 3. The van der Waals surface area contributed by atoms with E-state index in [1.807, 2.05) is 0 Å². The van der Waals surface area contributed by atoms with E-state index < -0.39 is 0 Å². The van der Waals surface area contributed by atoms with E-state index in [0.717, 1.165) is 19.3 Å². The fraction of sp³-hybridized carbons (Fsp3) is 0.429. The van der Waals surface area contributed by atoms with Crippen LogP contribution in [-0.4, -0.2) is 17.9 Å². The number of primary amides is 1. The van der Waals surface area contributed by atoms with Crippen LogP contribution >= 0.6 is 11.6 Å². The topological polar surface area (TPSA) is 72.2 Å². The molecule has 2 atom stereocenters. The minimum absolute atomic E-state index is 0.0118. The summed E-state index contributed by atoms with van der Waals surface area (Å²) in [5.41, 5.74) is 5.86. The summed E-state index contributed by atoms with van der Waals surface area (Å²) in [6, 6.07) is 6.82. The molecule has 2 rings (SSSR count). The number of halogens is 1. The van der Waals surface area contributed by atoms with Crippen molar-refractivity contribution >= 4 is 23.4 Å². The zero-order valence-electron chi connectivity index (χ0n) is 10.6. The van der Waals surface area contributed by atoms with Gasteiger partial charge in [0.1, 0.15) is 0 Å². The third-order valence-corrected chi connectivity index (χ3v) is 3.73. The molecule has 0 radical (unpaired) electrons. The lowest BCUT2D eigenvalue weighted by molar-refractivity contribution is -0.122. The van der Waals surface area contributed by atoms with Gasteiger partial charge in [0.05, 0.1) is 0 Å². The standard InChI is InChI=1S/C14H17ClN2O2/c15-11-5-1-4-10(7-11)14(19)17-12-6-2-3-9(8-12)13(16)18/h1,4-5,7,9,12H,2-3,6,8H2,(H2,16,18)(H,17,19)/t9-,12+/m1/s1. The Kier molecular flexibility index (Phi) is 4.43. The Labute approximate surface area is 117 Å². The normalized spacial score (nSPS) is 22.8. The second-order valence-corrected chi connectivity index (χ2v) is 5.38. The van der Waals surface area contributed by atoms with Crippen LogP contribution < -0.4 is 11.1 Å². The van der Waals surface area contributed by atoms with Gasteiger partial charge in [-0.3, -0.25) is 9.59 Å². The third kappa shape index (κ3) is 3.70. The predicted octanol–water partition coefficient (Wildman–Crippen LogP) is 2.11. The maximum atomic E-state index is 12.1. The van der Waals surface area contributed by atoms with Crippen molar-refractivity contribution in [2.75, 3.05) is 0 Å². The van der Waals surface area contributed by atoms with E-state index in [4.69, 9.17) is 17.3 Å². The number of nitrogens with two attached hydrogens (primary N) is 1. The van der Waals surface area contributed by atoms with Gasteiger partial charge in [0.25, 0.3) is 5.91 Å². The van der Waals surface area contributed by atoms with Crippen LogP contribution in [0.5, 0.6) is 0 Å². The van der Waals surface area contributed by atoms with Crippen LogP contribution in [-0.2, 0) is 4.79 Å². The lowest BCUT2D eigenvalue weighted by Crippen LogP contribution is -2.41. The minimum atomic E-state index is -0.276. The van der Waals surface area contributed by atoms with Gasteiger partial charge in [0.15, 0.2) is 0 Å². The first kappa shape index (κ1) is 13.9. The zero-order valence-corrected chi connectivity index (χ0v) is 11.3. The maximum Gasteiger partial charge on any atom is 0.251 e. The quantitative estimate of drug-likeness (QED) is 0.890. The summed E-state index contributed by atoms with van der Waals surface area (Å²) in [6.07, 6.45) is 3.24. The maximum absolute atomic E-state index is 12.1. The second-order valence-electron chi connectivity index (χ2n) is 4.95. The Hall–Kier alpha value is -1.55. The number of hydrogen-bond donors (Lipinski definition) is 2. The van der Waals surface area contributed by atoms with Crippen molar-refractivity contribution in [3.63, 3.8) is 0 Å². The van der Waals surface area contributed by atoms with Gasteiger partial charge in [-0.1, -0.05) is 24.1 Å². The van der Waals surface area contributed by atoms with Crippen molar-refractivity contribution in [3.05, 3.63) is 34.9 Å². The van der Waals surface area contributed by atoms with Crippen LogP contribution in [0.15, 0.2) is 24.3 Å². The van der Waals surface area contributed by atoms with E-state index in [1.165, 1.54) is 0 Å². The molecule has 0 spiro atoms. The highest BCUT2D eigenvalue weighted by Crippen LogP contribution is 2.24. The summed E-state index contributed by atoms with van der Waals surface area (Å²) in [7, 11) is 0. The summed E-state index contributed by atoms with van der Waals surface area (Å²) >= 11 is 5.86. The minimum Gasteiger partial charge on any atom is -0.369 e. The number of benzene rings is 1. The van der Waals surface area contributed by atoms with E-state index in [1.54, 1.807) is 24.3 Å². The number of carbonyl (C=O) groups excluding carboxylic acids is 2. The SMILES string of the molecule is NC(=O)[C@@H]1CCC[C@H](NC(=O)c2cccc(Cl)c2)C1. The molecule has 4 nitrogen and oxygen atoms in total. The zero-order chi connectivity index (χ0) is 13.8. The van der Waals surface area contributed by atoms with Gasteiger partial charge in [0, 0.05) is 22.5 Å². The third-order valence-electron chi connectivity index (χ3n) is 3.50. The van der Waals surface area contributed by atoms with Crippen molar-refractivity contribution < 1.29 is 9.59 Å². The summed E-state index contributed by atoms with van der Waals surface area (Å²) in [6.45, 7) is 0. The first-order chi connectivity index (χ1) is 9.06. The van der Waals surface area contributed by atoms with Crippen molar-refractivity contribution in [2.24, 2.45) is 11.7 Å². The van der Waals surface area contributed by atoms with Gasteiger partial charge >= 0.3 is 0 Å². The van der Waals surface area contributed by atoms with Crippen LogP contribution in [0.1, 0.15) is 36.0 Å². The lowest BCUT2D eigenvalue weighted by Gasteiger charge is -2.27. The molecule has 1 saturated carbocycles. The van der Waals surface area contributed by atoms with Crippen molar-refractivity contribution in [1.82, 2.24) is 5.32 Å². The molecular formula is C14H17ClN2O2. The Balaban J connectivity index is 1.97. The Bertz CT molecular complexity index is 490. The van der Waals surface area contributed by atoms with E-state index in [0.29, 0.717) is 17.0 Å². The molecule has 3 N–H and O–H groups in total. The van der Waals surface area contributed by atoms with Crippen LogP contribution in [0.4, 0.5) is 0 Å². The average molecular weight is 281 g/mol. The molecule has 2 amide bonds. The van der Waals surface area contributed by atoms with Crippen molar-refractivity contribution in [3.8, 4) is 0 Å². The fourth-order valence-corrected chi connectivity index (χ4v) is 2.67. The van der Waals surface area contributed by atoms with Gasteiger partial charge in [-0.2, -0.15) is 0 Å². The van der Waals surface area contributed by atoms with Crippen LogP contribution in [0.3, 0.4) is 0 Å². The Morgan fingerprint density at radius 1 is 1.32 bits per heavy atom. The number of carbonyl (C=O) groups is 2. The molecule has 1 aliphatic carbocycles. The van der Waals surface area contributed by atoms with Crippen molar-refractivity contribution in [2.45, 2.75) is 31.7 Å². The highest BCUT2D eigenvalue weighted by Gasteiger charge is 2.26.